The van der Waals surface area contributed by atoms with Crippen molar-refractivity contribution in [3.63, 3.8) is 0 Å². The van der Waals surface area contributed by atoms with Gasteiger partial charge in [0.05, 0.1) is 10.8 Å². The van der Waals surface area contributed by atoms with Crippen LogP contribution in [-0.2, 0) is 6.54 Å². The zero-order valence-corrected chi connectivity index (χ0v) is 27.7. The van der Waals surface area contributed by atoms with E-state index in [-0.39, 0.29) is 0 Å². The van der Waals surface area contributed by atoms with Gasteiger partial charge in [-0.1, -0.05) is 43.7 Å². The van der Waals surface area contributed by atoms with E-state index in [9.17, 15) is 0 Å². The van der Waals surface area contributed by atoms with E-state index in [0.717, 1.165) is 73.0 Å². The van der Waals surface area contributed by atoms with Crippen molar-refractivity contribution >= 4 is 33.7 Å². The summed E-state index contributed by atoms with van der Waals surface area (Å²) in [7, 11) is 0. The quantitative estimate of drug-likeness (QED) is 0.226. The Labute approximate surface area is 277 Å². The third-order valence-corrected chi connectivity index (χ3v) is 10.9. The van der Waals surface area contributed by atoms with E-state index in [1.165, 1.54) is 70.0 Å². The third kappa shape index (κ3) is 6.21. The molecule has 10 nitrogen and oxygen atoms in total. The van der Waals surface area contributed by atoms with Crippen molar-refractivity contribution in [2.75, 3.05) is 55.6 Å². The minimum Gasteiger partial charge on any atom is -0.354 e. The molecule has 0 amide bonds. The number of aromatic amines is 2. The second kappa shape index (κ2) is 12.9. The van der Waals surface area contributed by atoms with Crippen molar-refractivity contribution in [2.24, 2.45) is 0 Å². The first kappa shape index (κ1) is 30.3. The molecule has 1 aromatic carbocycles. The number of hydrogen-bond donors (Lipinski definition) is 2. The average molecular weight is 633 g/mol. The number of hydrogen-bond acceptors (Lipinski definition) is 8. The molecule has 246 valence electrons. The topological polar surface area (TPSA) is 96.1 Å². The van der Waals surface area contributed by atoms with Crippen molar-refractivity contribution in [2.45, 2.75) is 75.9 Å². The Morgan fingerprint density at radius 1 is 0.660 bits per heavy atom. The number of fused-ring (bicyclic) bond motifs is 2. The summed E-state index contributed by atoms with van der Waals surface area (Å²) in [6.45, 7) is 11.3. The smallest absolute Gasteiger partial charge is 0.142 e. The molecule has 6 heterocycles. The monoisotopic (exact) mass is 632 g/mol. The van der Waals surface area contributed by atoms with Gasteiger partial charge in [-0.3, -0.25) is 9.80 Å². The van der Waals surface area contributed by atoms with E-state index in [4.69, 9.17) is 0 Å². The lowest BCUT2D eigenvalue weighted by molar-refractivity contribution is 0.183. The summed E-state index contributed by atoms with van der Waals surface area (Å²) in [5, 5.41) is 2.29. The number of benzene rings is 1. The maximum absolute atomic E-state index is 4.62. The van der Waals surface area contributed by atoms with Crippen LogP contribution in [0.2, 0.25) is 0 Å². The van der Waals surface area contributed by atoms with Crippen LogP contribution in [0.5, 0.6) is 0 Å². The standard InChI is InChI=1S/C20H23N5.C17H25N5/c1-2-5-16(6-3-1)13-25-12-4-11-24(14-20(25)8-9-20)19-17-7-10-21-18(17)22-15-23-19;1-2-3-10-22-11-4-9-21(12-17(22)6-7-17)16-14-5-8-18-15(14)19-13-20-16/h1-3,5-7,10,15H,4,8-9,11-14H2,(H,21,22,23);5,8,13H,2-4,6-7,9-12H2,1H3,(H,18,19,20). The van der Waals surface area contributed by atoms with Crippen LogP contribution in [0.1, 0.15) is 63.9 Å². The fourth-order valence-corrected chi connectivity index (χ4v) is 8.02. The first-order valence-electron chi connectivity index (χ1n) is 17.8. The van der Waals surface area contributed by atoms with Crippen LogP contribution in [0.3, 0.4) is 0 Å². The Bertz CT molecular complexity index is 1770. The molecule has 4 aliphatic rings. The first-order chi connectivity index (χ1) is 23.2. The van der Waals surface area contributed by atoms with Crippen LogP contribution in [0.25, 0.3) is 22.1 Å². The summed E-state index contributed by atoms with van der Waals surface area (Å²) < 4.78 is 0. The molecule has 4 fully saturated rings. The van der Waals surface area contributed by atoms with Gasteiger partial charge in [0.2, 0.25) is 0 Å². The van der Waals surface area contributed by atoms with Crippen molar-refractivity contribution in [3.8, 4) is 0 Å². The van der Waals surface area contributed by atoms with Crippen LogP contribution in [0.4, 0.5) is 11.6 Å². The summed E-state index contributed by atoms with van der Waals surface area (Å²) >= 11 is 0. The third-order valence-electron chi connectivity index (χ3n) is 10.9. The zero-order valence-electron chi connectivity index (χ0n) is 27.7. The average Bonchev–Trinajstić information content (AvgIpc) is 3.98. The molecule has 0 unspecified atom stereocenters. The lowest BCUT2D eigenvalue weighted by Gasteiger charge is -2.32. The molecule has 2 saturated heterocycles. The highest BCUT2D eigenvalue weighted by atomic mass is 15.3. The molecule has 0 bridgehead atoms. The fraction of sp³-hybridized carbons (Fsp3) is 0.514. The number of aromatic nitrogens is 6. The van der Waals surface area contributed by atoms with E-state index in [1.54, 1.807) is 12.7 Å². The molecule has 4 aromatic heterocycles. The highest BCUT2D eigenvalue weighted by Gasteiger charge is 2.51. The van der Waals surface area contributed by atoms with Gasteiger partial charge >= 0.3 is 0 Å². The van der Waals surface area contributed by atoms with E-state index in [0.29, 0.717) is 11.1 Å². The van der Waals surface area contributed by atoms with Gasteiger partial charge in [0.1, 0.15) is 35.6 Å². The fourth-order valence-electron chi connectivity index (χ4n) is 8.02. The number of nitrogens with one attached hydrogen (secondary N) is 2. The predicted molar refractivity (Wildman–Crippen MR) is 189 cm³/mol. The molecular weight excluding hydrogens is 584 g/mol. The summed E-state index contributed by atoms with van der Waals surface area (Å²) in [5.41, 5.74) is 4.03. The molecule has 5 aromatic rings. The SMILES string of the molecule is CCCCN1CCCN(c2ncnc3[nH]ccc23)CC12CC2.c1ccc(CN2CCCN(c3ncnc4[nH]ccc34)CC23CC3)cc1. The highest BCUT2D eigenvalue weighted by Crippen LogP contribution is 2.46. The van der Waals surface area contributed by atoms with E-state index < -0.39 is 0 Å². The Kier molecular flexibility index (Phi) is 8.31. The number of unbranched alkanes of at least 4 members (excludes halogenated alkanes) is 1. The largest absolute Gasteiger partial charge is 0.354 e. The molecular formula is C37H48N10. The Morgan fingerprint density at radius 3 is 1.77 bits per heavy atom. The number of rotatable bonds is 7. The molecule has 0 radical (unpaired) electrons. The van der Waals surface area contributed by atoms with Crippen LogP contribution >= 0.6 is 0 Å². The molecule has 10 heteroatoms. The normalized spacial score (nSPS) is 20.7. The van der Waals surface area contributed by atoms with E-state index in [2.05, 4.69) is 98.9 Å². The van der Waals surface area contributed by atoms with Crippen molar-refractivity contribution in [1.29, 1.82) is 0 Å². The molecule has 2 saturated carbocycles. The van der Waals surface area contributed by atoms with Crippen LogP contribution in [-0.4, -0.2) is 96.6 Å². The molecule has 9 rings (SSSR count). The molecule has 2 spiro atoms. The summed E-state index contributed by atoms with van der Waals surface area (Å²) in [6, 6.07) is 15.1. The van der Waals surface area contributed by atoms with Crippen LogP contribution in [0, 0.1) is 0 Å². The second-order valence-electron chi connectivity index (χ2n) is 14.1. The van der Waals surface area contributed by atoms with Crippen molar-refractivity contribution in [3.05, 3.63) is 73.1 Å². The van der Waals surface area contributed by atoms with Crippen LogP contribution in [0.15, 0.2) is 67.5 Å². The molecule has 2 N–H and O–H groups in total. The second-order valence-corrected chi connectivity index (χ2v) is 14.1. The maximum atomic E-state index is 4.62. The maximum Gasteiger partial charge on any atom is 0.142 e. The zero-order chi connectivity index (χ0) is 31.7. The van der Waals surface area contributed by atoms with Gasteiger partial charge in [-0.05, 0) is 69.2 Å². The molecule has 2 aliphatic carbocycles. The first-order valence-corrected chi connectivity index (χ1v) is 17.8. The minimum atomic E-state index is 0.319. The molecule has 2 aliphatic heterocycles. The van der Waals surface area contributed by atoms with Gasteiger partial charge in [-0.15, -0.1) is 0 Å². The van der Waals surface area contributed by atoms with Gasteiger partial charge in [0, 0.05) is 69.3 Å². The van der Waals surface area contributed by atoms with E-state index >= 15 is 0 Å². The number of anilines is 2. The van der Waals surface area contributed by atoms with Crippen molar-refractivity contribution in [1.82, 2.24) is 39.7 Å². The highest BCUT2D eigenvalue weighted by molar-refractivity contribution is 5.88. The Balaban J connectivity index is 0.000000139. The van der Waals surface area contributed by atoms with Gasteiger partial charge in [-0.25, -0.2) is 19.9 Å². The summed E-state index contributed by atoms with van der Waals surface area (Å²) in [5.74, 6) is 2.19. The Morgan fingerprint density at radius 2 is 1.21 bits per heavy atom. The van der Waals surface area contributed by atoms with Gasteiger partial charge in [0.15, 0.2) is 0 Å². The molecule has 0 atom stereocenters. The van der Waals surface area contributed by atoms with Gasteiger partial charge < -0.3 is 19.8 Å². The lowest BCUT2D eigenvalue weighted by Crippen LogP contribution is -2.44. The summed E-state index contributed by atoms with van der Waals surface area (Å²) in [4.78, 5) is 34.7. The predicted octanol–water partition coefficient (Wildman–Crippen LogP) is 6.01. The summed E-state index contributed by atoms with van der Waals surface area (Å²) in [6.07, 6.45) is 17.5. The van der Waals surface area contributed by atoms with Gasteiger partial charge in [0.25, 0.3) is 0 Å². The van der Waals surface area contributed by atoms with Crippen molar-refractivity contribution < 1.29 is 0 Å². The number of H-pyrrole nitrogens is 2. The Hall–Kier alpha value is -4.02. The van der Waals surface area contributed by atoms with Crippen LogP contribution < -0.4 is 9.80 Å². The van der Waals surface area contributed by atoms with Gasteiger partial charge in [-0.2, -0.15) is 0 Å². The minimum absolute atomic E-state index is 0.319. The number of nitrogens with zero attached hydrogens (tertiary/aromatic N) is 8. The lowest BCUT2D eigenvalue weighted by atomic mass is 10.1. The molecule has 47 heavy (non-hydrogen) atoms. The van der Waals surface area contributed by atoms with E-state index in [1.807, 2.05) is 12.4 Å².